The van der Waals surface area contributed by atoms with Crippen molar-refractivity contribution in [3.63, 3.8) is 0 Å². The van der Waals surface area contributed by atoms with Crippen LogP contribution in [0.25, 0.3) is 0 Å². The fourth-order valence-electron chi connectivity index (χ4n) is 0.333. The van der Waals surface area contributed by atoms with Crippen LogP contribution >= 0.6 is 0 Å². The second kappa shape index (κ2) is 4.96. The van der Waals surface area contributed by atoms with E-state index in [0.29, 0.717) is 9.52 Å². The summed E-state index contributed by atoms with van der Waals surface area (Å²) in [5.74, 6) is 0. The van der Waals surface area contributed by atoms with E-state index in [1.807, 2.05) is 0 Å². The number of hydrogen-bond acceptors (Lipinski definition) is 0. The molecule has 0 unspecified atom stereocenters. The van der Waals surface area contributed by atoms with Gasteiger partial charge in [-0.05, 0) is 13.0 Å². The maximum atomic E-state index is 2.32. The second-order valence-electron chi connectivity index (χ2n) is 1.36. The third kappa shape index (κ3) is 3.96. The van der Waals surface area contributed by atoms with E-state index in [4.69, 9.17) is 0 Å². The van der Waals surface area contributed by atoms with E-state index in [1.165, 1.54) is 6.04 Å². The monoisotopic (exact) mass is 100 g/mol. The van der Waals surface area contributed by atoms with Gasteiger partial charge in [0, 0.05) is 9.52 Å². The Kier molecular flexibility index (Phi) is 4.92. The van der Waals surface area contributed by atoms with Crippen molar-refractivity contribution >= 4 is 9.52 Å². The zero-order chi connectivity index (χ0) is 4.83. The topological polar surface area (TPSA) is 0 Å². The predicted molar refractivity (Wildman–Crippen MR) is 34.0 cm³/mol. The largest absolute Gasteiger partial charge is 0.0920 e. The smallest absolute Gasteiger partial charge is 0.0209 e. The molecular weight excluding hydrogens is 88.1 g/mol. The Morgan fingerprint density at radius 1 is 1.67 bits per heavy atom. The molecule has 0 aliphatic carbocycles. The SMILES string of the molecule is C/C=C\C[SiH2]C. The molecule has 0 heterocycles. The summed E-state index contributed by atoms with van der Waals surface area (Å²) >= 11 is 0. The first kappa shape index (κ1) is 5.96. The normalized spacial score (nSPS) is 12.3. The molecule has 0 aromatic carbocycles. The lowest BCUT2D eigenvalue weighted by Crippen LogP contribution is -1.70. The molecule has 0 aliphatic heterocycles. The Bertz CT molecular complexity index is 39.2. The third-order valence-corrected chi connectivity index (χ3v) is 1.60. The van der Waals surface area contributed by atoms with Gasteiger partial charge in [0.05, 0.1) is 0 Å². The fourth-order valence-corrected chi connectivity index (χ4v) is 1.00. The van der Waals surface area contributed by atoms with E-state index < -0.39 is 0 Å². The molecule has 0 radical (unpaired) electrons. The molecule has 36 valence electrons. The van der Waals surface area contributed by atoms with E-state index in [0.717, 1.165) is 0 Å². The Hall–Kier alpha value is -0.0431. The van der Waals surface area contributed by atoms with Gasteiger partial charge < -0.3 is 0 Å². The molecular formula is C5H12Si. The number of rotatable bonds is 2. The first-order chi connectivity index (χ1) is 2.91. The van der Waals surface area contributed by atoms with Crippen molar-refractivity contribution < 1.29 is 0 Å². The van der Waals surface area contributed by atoms with E-state index in [2.05, 4.69) is 25.6 Å². The van der Waals surface area contributed by atoms with Crippen LogP contribution in [0.2, 0.25) is 12.6 Å². The molecule has 0 nitrogen and oxygen atoms in total. The van der Waals surface area contributed by atoms with E-state index in [9.17, 15) is 0 Å². The summed E-state index contributed by atoms with van der Waals surface area (Å²) < 4.78 is 0. The van der Waals surface area contributed by atoms with Crippen molar-refractivity contribution in [3.8, 4) is 0 Å². The molecule has 0 saturated carbocycles. The highest BCUT2D eigenvalue weighted by Gasteiger charge is 1.66. The van der Waals surface area contributed by atoms with Crippen LogP contribution in [0.3, 0.4) is 0 Å². The number of allylic oxidation sites excluding steroid dienone is 2. The van der Waals surface area contributed by atoms with Crippen LogP contribution in [-0.2, 0) is 0 Å². The summed E-state index contributed by atoms with van der Waals surface area (Å²) in [7, 11) is 0.316. The van der Waals surface area contributed by atoms with Gasteiger partial charge in [-0.1, -0.05) is 18.7 Å². The quantitative estimate of drug-likeness (QED) is 0.361. The van der Waals surface area contributed by atoms with Gasteiger partial charge in [0.2, 0.25) is 0 Å². The van der Waals surface area contributed by atoms with E-state index in [-0.39, 0.29) is 0 Å². The molecule has 0 fully saturated rings. The lowest BCUT2D eigenvalue weighted by atomic mass is 10.6. The molecule has 1 heteroatoms. The Morgan fingerprint density at radius 3 is 2.50 bits per heavy atom. The van der Waals surface area contributed by atoms with Crippen molar-refractivity contribution in [2.24, 2.45) is 0 Å². The lowest BCUT2D eigenvalue weighted by Gasteiger charge is -1.74. The molecule has 0 bridgehead atoms. The van der Waals surface area contributed by atoms with Crippen molar-refractivity contribution in [1.82, 2.24) is 0 Å². The van der Waals surface area contributed by atoms with Gasteiger partial charge in [0.15, 0.2) is 0 Å². The minimum atomic E-state index is 0.316. The van der Waals surface area contributed by atoms with Crippen LogP contribution in [0.5, 0.6) is 0 Å². The van der Waals surface area contributed by atoms with Crippen LogP contribution in [0.15, 0.2) is 12.2 Å². The highest BCUT2D eigenvalue weighted by molar-refractivity contribution is 6.34. The molecule has 6 heavy (non-hydrogen) atoms. The molecule has 0 aromatic rings. The van der Waals surface area contributed by atoms with Crippen molar-refractivity contribution in [2.45, 2.75) is 19.5 Å². The van der Waals surface area contributed by atoms with Crippen molar-refractivity contribution in [2.75, 3.05) is 0 Å². The molecule has 0 atom stereocenters. The highest BCUT2D eigenvalue weighted by atomic mass is 28.2. The highest BCUT2D eigenvalue weighted by Crippen LogP contribution is 1.77. The van der Waals surface area contributed by atoms with Gasteiger partial charge in [-0.15, -0.1) is 0 Å². The molecule has 0 saturated heterocycles. The van der Waals surface area contributed by atoms with Gasteiger partial charge in [0.1, 0.15) is 0 Å². The van der Waals surface area contributed by atoms with Gasteiger partial charge in [0.25, 0.3) is 0 Å². The zero-order valence-electron chi connectivity index (χ0n) is 4.57. The van der Waals surface area contributed by atoms with Gasteiger partial charge >= 0.3 is 0 Å². The molecule has 0 aliphatic rings. The summed E-state index contributed by atoms with van der Waals surface area (Å²) in [5, 5.41) is 0. The van der Waals surface area contributed by atoms with E-state index >= 15 is 0 Å². The Labute approximate surface area is 42.1 Å². The summed E-state index contributed by atoms with van der Waals surface area (Å²) in [4.78, 5) is 0. The van der Waals surface area contributed by atoms with Crippen LogP contribution in [0, 0.1) is 0 Å². The van der Waals surface area contributed by atoms with Gasteiger partial charge in [-0.25, -0.2) is 0 Å². The average Bonchev–Trinajstić information content (AvgIpc) is 1.61. The Balaban J connectivity index is 2.66. The first-order valence-electron chi connectivity index (χ1n) is 2.53. The van der Waals surface area contributed by atoms with Gasteiger partial charge in [-0.3, -0.25) is 0 Å². The minimum absolute atomic E-state index is 0.316. The summed E-state index contributed by atoms with van der Waals surface area (Å²) in [6.45, 7) is 4.39. The molecule has 0 N–H and O–H groups in total. The molecule has 0 amide bonds. The number of hydrogen-bond donors (Lipinski definition) is 0. The summed E-state index contributed by atoms with van der Waals surface area (Å²) in [5.41, 5.74) is 0. The maximum absolute atomic E-state index is 2.32. The first-order valence-corrected chi connectivity index (χ1v) is 4.94. The minimum Gasteiger partial charge on any atom is -0.0920 e. The molecule has 0 spiro atoms. The van der Waals surface area contributed by atoms with Gasteiger partial charge in [-0.2, -0.15) is 0 Å². The van der Waals surface area contributed by atoms with Crippen LogP contribution < -0.4 is 0 Å². The van der Waals surface area contributed by atoms with Crippen LogP contribution in [0.1, 0.15) is 6.92 Å². The third-order valence-electron chi connectivity index (χ3n) is 0.691. The lowest BCUT2D eigenvalue weighted by molar-refractivity contribution is 1.60. The standard InChI is InChI=1S/C5H12Si/c1-3-4-5-6-2/h3-4H,5-6H2,1-2H3/b4-3-. The summed E-state index contributed by atoms with van der Waals surface area (Å²) in [6, 6.07) is 1.37. The van der Waals surface area contributed by atoms with Crippen LogP contribution in [0.4, 0.5) is 0 Å². The maximum Gasteiger partial charge on any atom is 0.0209 e. The fraction of sp³-hybridized carbons (Fsp3) is 0.600. The molecule has 0 aromatic heterocycles. The predicted octanol–water partition coefficient (Wildman–Crippen LogP) is 1.20. The zero-order valence-corrected chi connectivity index (χ0v) is 5.98. The molecule has 0 rings (SSSR count). The van der Waals surface area contributed by atoms with Crippen LogP contribution in [-0.4, -0.2) is 9.52 Å². The van der Waals surface area contributed by atoms with Crippen molar-refractivity contribution in [3.05, 3.63) is 12.2 Å². The van der Waals surface area contributed by atoms with Crippen molar-refractivity contribution in [1.29, 1.82) is 0 Å². The second-order valence-corrected chi connectivity index (χ2v) is 2.94. The summed E-state index contributed by atoms with van der Waals surface area (Å²) in [6.07, 6.45) is 4.36. The average molecular weight is 100 g/mol. The Morgan fingerprint density at radius 2 is 2.33 bits per heavy atom. The van der Waals surface area contributed by atoms with E-state index in [1.54, 1.807) is 0 Å².